The van der Waals surface area contributed by atoms with Gasteiger partial charge in [0, 0.05) is 25.1 Å². The average Bonchev–Trinajstić information content (AvgIpc) is 3.46. The van der Waals surface area contributed by atoms with Crippen molar-refractivity contribution < 1.29 is 33.8 Å². The summed E-state index contributed by atoms with van der Waals surface area (Å²) in [5, 5.41) is 15.8. The molecule has 2 N–H and O–H groups in total. The molecule has 0 radical (unpaired) electrons. The summed E-state index contributed by atoms with van der Waals surface area (Å²) < 4.78 is 5.34. The Labute approximate surface area is 259 Å². The third-order valence-electron chi connectivity index (χ3n) is 8.30. The van der Waals surface area contributed by atoms with Crippen LogP contribution in [0.4, 0.5) is 0 Å². The van der Waals surface area contributed by atoms with Gasteiger partial charge in [-0.25, -0.2) is 9.88 Å². The lowest BCUT2D eigenvalue weighted by molar-refractivity contribution is -0.162. The van der Waals surface area contributed by atoms with Gasteiger partial charge in [0.15, 0.2) is 12.5 Å². The van der Waals surface area contributed by atoms with Crippen molar-refractivity contribution in [2.75, 3.05) is 20.3 Å². The first-order chi connectivity index (χ1) is 20.3. The van der Waals surface area contributed by atoms with Gasteiger partial charge in [0.2, 0.25) is 11.8 Å². The number of likely N-dealkylation sites (N-methyl/N-ethyl adjacent to an activating group) is 1. The normalized spacial score (nSPS) is 18.4. The molecular weight excluding hydrogens is 572 g/mol. The maximum atomic E-state index is 14.0. The Bertz CT molecular complexity index is 1110. The molecule has 1 aromatic rings. The quantitative estimate of drug-likeness (QED) is 0.158. The van der Waals surface area contributed by atoms with Crippen molar-refractivity contribution >= 4 is 40.8 Å². The summed E-state index contributed by atoms with van der Waals surface area (Å²) in [6.45, 7) is 11.1. The van der Waals surface area contributed by atoms with E-state index in [0.717, 1.165) is 24.3 Å². The number of likely N-dealkylation sites (tertiary alicyclic amines) is 1. The third kappa shape index (κ3) is 10.8. The summed E-state index contributed by atoms with van der Waals surface area (Å²) >= 11 is 1.18. The minimum atomic E-state index is -0.996. The van der Waals surface area contributed by atoms with Gasteiger partial charge in [0.1, 0.15) is 22.8 Å². The predicted molar refractivity (Wildman–Crippen MR) is 164 cm³/mol. The number of nitrogens with one attached hydrogen (secondary N) is 1. The lowest BCUT2D eigenvalue weighted by Gasteiger charge is -2.35. The first-order valence-corrected chi connectivity index (χ1v) is 16.3. The lowest BCUT2D eigenvalue weighted by atomic mass is 9.86. The van der Waals surface area contributed by atoms with E-state index in [2.05, 4.69) is 10.3 Å². The first-order valence-electron chi connectivity index (χ1n) is 15.4. The number of piperidine rings is 1. The van der Waals surface area contributed by atoms with Crippen LogP contribution in [0, 0.1) is 17.8 Å². The molecule has 0 spiro atoms. The maximum Gasteiger partial charge on any atom is 0.307 e. The highest BCUT2D eigenvalue weighted by atomic mass is 32.1. The number of esters is 1. The highest BCUT2D eigenvalue weighted by Crippen LogP contribution is 2.31. The molecule has 5 atom stereocenters. The van der Waals surface area contributed by atoms with Crippen LogP contribution in [0.1, 0.15) is 115 Å². The van der Waals surface area contributed by atoms with Gasteiger partial charge in [0.05, 0.1) is 6.04 Å². The van der Waals surface area contributed by atoms with Crippen molar-refractivity contribution in [1.29, 1.82) is 0 Å². The lowest BCUT2D eigenvalue weighted by Crippen LogP contribution is -2.58. The monoisotopic (exact) mass is 622 g/mol. The zero-order valence-corrected chi connectivity index (χ0v) is 27.6. The molecule has 1 saturated heterocycles. The van der Waals surface area contributed by atoms with Gasteiger partial charge in [-0.1, -0.05) is 47.5 Å². The standard InChI is InChI=1S/C31H50N4O7S/c1-8-12-27(39)42-18-35(31(41)28(20(5)9-2)33-29(40)24-13-10-11-14-34(24)7)26(38)16-22(19(3)4)15-25(37)30-32-23(17-43-30)21(6)36/h17,19-20,22,24-25,28,37H,8-16,18H2,1-7H3,(H,33,40)/t20?,22-,24+,25+,28-/m0/s1. The Morgan fingerprint density at radius 1 is 1.19 bits per heavy atom. The number of ether oxygens (including phenoxy) is 1. The SMILES string of the molecule is CCCC(=O)OCN(C(=O)C[C@H](C[C@@H](O)c1nc(C(C)=O)cs1)C(C)C)C(=O)[C@@H](NC(=O)[C@H]1CCCCN1C)C(C)CC. The van der Waals surface area contributed by atoms with Gasteiger partial charge in [0.25, 0.3) is 5.91 Å². The number of carbonyl (C=O) groups is 5. The number of hydrogen-bond donors (Lipinski definition) is 2. The highest BCUT2D eigenvalue weighted by molar-refractivity contribution is 7.09. The molecule has 1 unspecified atom stereocenters. The molecule has 43 heavy (non-hydrogen) atoms. The molecular formula is C31H50N4O7S. The van der Waals surface area contributed by atoms with E-state index in [4.69, 9.17) is 4.74 Å². The van der Waals surface area contributed by atoms with Gasteiger partial charge in [-0.3, -0.25) is 28.9 Å². The zero-order chi connectivity index (χ0) is 32.3. The largest absolute Gasteiger partial charge is 0.444 e. The van der Waals surface area contributed by atoms with Crippen molar-refractivity contribution in [1.82, 2.24) is 20.1 Å². The molecule has 2 rings (SSSR count). The van der Waals surface area contributed by atoms with Gasteiger partial charge < -0.3 is 15.2 Å². The van der Waals surface area contributed by atoms with E-state index < -0.39 is 36.7 Å². The van der Waals surface area contributed by atoms with Crippen LogP contribution in [0.3, 0.4) is 0 Å². The number of nitrogens with zero attached hydrogens (tertiary/aromatic N) is 3. The number of hydrogen-bond acceptors (Lipinski definition) is 10. The number of ketones is 1. The molecule has 0 aliphatic carbocycles. The van der Waals surface area contributed by atoms with Crippen LogP contribution in [0.2, 0.25) is 0 Å². The van der Waals surface area contributed by atoms with Crippen LogP contribution in [-0.4, -0.2) is 81.8 Å². The molecule has 1 aromatic heterocycles. The second-order valence-corrected chi connectivity index (χ2v) is 12.9. The maximum absolute atomic E-state index is 14.0. The number of carbonyl (C=O) groups excluding carboxylic acids is 5. The first kappa shape index (κ1) is 36.5. The minimum absolute atomic E-state index is 0.0441. The van der Waals surface area contributed by atoms with Crippen LogP contribution in [0.25, 0.3) is 0 Å². The van der Waals surface area contributed by atoms with Crippen molar-refractivity contribution in [2.45, 2.75) is 111 Å². The highest BCUT2D eigenvalue weighted by Gasteiger charge is 2.37. The van der Waals surface area contributed by atoms with Gasteiger partial charge >= 0.3 is 5.97 Å². The van der Waals surface area contributed by atoms with E-state index in [1.807, 2.05) is 46.6 Å². The number of amides is 3. The van der Waals surface area contributed by atoms with Crippen LogP contribution >= 0.6 is 11.3 Å². The molecule has 0 saturated carbocycles. The van der Waals surface area contributed by atoms with Crippen molar-refractivity contribution in [3.05, 3.63) is 16.1 Å². The Morgan fingerprint density at radius 3 is 2.44 bits per heavy atom. The Hall–Kier alpha value is -2.70. The summed E-state index contributed by atoms with van der Waals surface area (Å²) in [7, 11) is 1.89. The number of aliphatic hydroxyl groups excluding tert-OH is 1. The van der Waals surface area contributed by atoms with Crippen molar-refractivity contribution in [3.8, 4) is 0 Å². The molecule has 242 valence electrons. The zero-order valence-electron chi connectivity index (χ0n) is 26.8. The number of rotatable bonds is 16. The molecule has 1 aliphatic rings. The second kappa shape index (κ2) is 17.6. The van der Waals surface area contributed by atoms with Crippen LogP contribution in [0.5, 0.6) is 0 Å². The van der Waals surface area contributed by atoms with E-state index in [9.17, 15) is 29.1 Å². The van der Waals surface area contributed by atoms with E-state index in [1.165, 1.54) is 18.3 Å². The molecule has 3 amide bonds. The van der Waals surface area contributed by atoms with E-state index in [1.54, 1.807) is 5.38 Å². The fourth-order valence-electron chi connectivity index (χ4n) is 5.09. The van der Waals surface area contributed by atoms with Crippen LogP contribution in [-0.2, 0) is 23.9 Å². The van der Waals surface area contributed by atoms with Crippen molar-refractivity contribution in [2.24, 2.45) is 17.8 Å². The molecule has 1 aliphatic heterocycles. The number of aromatic nitrogens is 1. The van der Waals surface area contributed by atoms with E-state index in [0.29, 0.717) is 24.3 Å². The number of Topliss-reactive ketones (excluding diaryl/α,β-unsaturated/α-hetero) is 1. The second-order valence-electron chi connectivity index (χ2n) is 12.0. The fourth-order valence-corrected chi connectivity index (χ4v) is 5.95. The van der Waals surface area contributed by atoms with Gasteiger partial charge in [-0.2, -0.15) is 0 Å². The predicted octanol–water partition coefficient (Wildman–Crippen LogP) is 4.10. The molecule has 0 bridgehead atoms. The number of imide groups is 1. The topological polar surface area (TPSA) is 146 Å². The number of thiazole rings is 1. The van der Waals surface area contributed by atoms with Crippen LogP contribution in [0.15, 0.2) is 5.38 Å². The Morgan fingerprint density at radius 2 is 1.88 bits per heavy atom. The molecule has 11 nitrogen and oxygen atoms in total. The molecule has 2 heterocycles. The summed E-state index contributed by atoms with van der Waals surface area (Å²) in [6, 6.07) is -1.34. The summed E-state index contributed by atoms with van der Waals surface area (Å²) in [5.74, 6) is -2.83. The number of aliphatic hydroxyl groups is 1. The summed E-state index contributed by atoms with van der Waals surface area (Å²) in [6.07, 6.45) is 2.98. The van der Waals surface area contributed by atoms with E-state index in [-0.39, 0.29) is 60.4 Å². The molecule has 0 aromatic carbocycles. The smallest absolute Gasteiger partial charge is 0.307 e. The fraction of sp³-hybridized carbons (Fsp3) is 0.742. The van der Waals surface area contributed by atoms with Crippen molar-refractivity contribution in [3.63, 3.8) is 0 Å². The summed E-state index contributed by atoms with van der Waals surface area (Å²) in [4.78, 5) is 72.2. The minimum Gasteiger partial charge on any atom is -0.444 e. The van der Waals surface area contributed by atoms with E-state index >= 15 is 0 Å². The Kier molecular flexibility index (Phi) is 14.9. The summed E-state index contributed by atoms with van der Waals surface area (Å²) in [5.41, 5.74) is 0.277. The third-order valence-corrected chi connectivity index (χ3v) is 9.25. The van der Waals surface area contributed by atoms with Gasteiger partial charge in [-0.15, -0.1) is 11.3 Å². The Balaban J connectivity index is 2.29. The molecule has 12 heteroatoms. The molecule has 1 fully saturated rings. The average molecular weight is 623 g/mol. The van der Waals surface area contributed by atoms with Gasteiger partial charge in [-0.05, 0) is 57.0 Å². The van der Waals surface area contributed by atoms with Crippen LogP contribution < -0.4 is 5.32 Å².